The molecule has 4 heteroatoms. The van der Waals surface area contributed by atoms with Crippen LogP contribution in [0.25, 0.3) is 0 Å². The molecule has 0 aromatic carbocycles. The molecule has 0 spiro atoms. The van der Waals surface area contributed by atoms with E-state index in [-0.39, 0.29) is 0 Å². The average Bonchev–Trinajstić information content (AvgIpc) is 2.59. The van der Waals surface area contributed by atoms with Crippen molar-refractivity contribution in [3.05, 3.63) is 18.0 Å². The maximum atomic E-state index is 4.21. The summed E-state index contributed by atoms with van der Waals surface area (Å²) in [6, 6.07) is 2.50. The van der Waals surface area contributed by atoms with Gasteiger partial charge in [-0.15, -0.1) is 0 Å². The molecule has 0 amide bonds. The van der Waals surface area contributed by atoms with E-state index in [2.05, 4.69) is 37.3 Å². The molecule has 0 saturated carbocycles. The number of aromatic nitrogens is 2. The minimum atomic E-state index is 0.412. The molecule has 0 bridgehead atoms. The molecule has 1 N–H and O–H groups in total. The molecule has 3 nitrogen and oxygen atoms in total. The maximum absolute atomic E-state index is 4.21. The molecular formula is C11H21N3S. The SMILES string of the molecule is CCNC(CSC(C)C)c1ccnn1C. The molecule has 0 fully saturated rings. The van der Waals surface area contributed by atoms with E-state index in [1.807, 2.05) is 29.7 Å². The number of thioether (sulfide) groups is 1. The van der Waals surface area contributed by atoms with Gasteiger partial charge in [-0.1, -0.05) is 20.8 Å². The standard InChI is InChI=1S/C11H21N3S/c1-5-12-10(8-15-9(2)3)11-6-7-13-14(11)4/h6-7,9-10,12H,5,8H2,1-4H3. The quantitative estimate of drug-likeness (QED) is 0.808. The summed E-state index contributed by atoms with van der Waals surface area (Å²) < 4.78 is 1.95. The van der Waals surface area contributed by atoms with Gasteiger partial charge in [0.1, 0.15) is 0 Å². The summed E-state index contributed by atoms with van der Waals surface area (Å²) in [7, 11) is 2.00. The Morgan fingerprint density at radius 2 is 2.27 bits per heavy atom. The molecule has 1 aromatic heterocycles. The molecular weight excluding hydrogens is 206 g/mol. The van der Waals surface area contributed by atoms with Crippen molar-refractivity contribution in [3.8, 4) is 0 Å². The first-order valence-corrected chi connectivity index (χ1v) is 6.53. The third-order valence-corrected chi connectivity index (χ3v) is 3.46. The van der Waals surface area contributed by atoms with Gasteiger partial charge in [0.25, 0.3) is 0 Å². The lowest BCUT2D eigenvalue weighted by atomic mass is 10.2. The van der Waals surface area contributed by atoms with E-state index < -0.39 is 0 Å². The van der Waals surface area contributed by atoms with Crippen LogP contribution >= 0.6 is 11.8 Å². The highest BCUT2D eigenvalue weighted by molar-refractivity contribution is 7.99. The van der Waals surface area contributed by atoms with Crippen molar-refractivity contribution in [1.29, 1.82) is 0 Å². The van der Waals surface area contributed by atoms with Crippen LogP contribution in [0.15, 0.2) is 12.3 Å². The van der Waals surface area contributed by atoms with Gasteiger partial charge >= 0.3 is 0 Å². The summed E-state index contributed by atoms with van der Waals surface area (Å²) in [5.41, 5.74) is 1.27. The summed E-state index contributed by atoms with van der Waals surface area (Å²) in [4.78, 5) is 0. The normalized spacial score (nSPS) is 13.4. The molecule has 0 radical (unpaired) electrons. The van der Waals surface area contributed by atoms with Crippen LogP contribution in [0.4, 0.5) is 0 Å². The number of hydrogen-bond donors (Lipinski definition) is 1. The van der Waals surface area contributed by atoms with Gasteiger partial charge in [0.15, 0.2) is 0 Å². The summed E-state index contributed by atoms with van der Waals surface area (Å²) >= 11 is 1.98. The number of hydrogen-bond acceptors (Lipinski definition) is 3. The lowest BCUT2D eigenvalue weighted by Crippen LogP contribution is -2.25. The molecule has 15 heavy (non-hydrogen) atoms. The molecule has 86 valence electrons. The molecule has 0 aliphatic heterocycles. The van der Waals surface area contributed by atoms with Gasteiger partial charge in [-0.2, -0.15) is 16.9 Å². The van der Waals surface area contributed by atoms with E-state index in [0.717, 1.165) is 12.3 Å². The van der Waals surface area contributed by atoms with Gasteiger partial charge in [-0.3, -0.25) is 4.68 Å². The van der Waals surface area contributed by atoms with Crippen LogP contribution in [-0.4, -0.2) is 27.3 Å². The summed E-state index contributed by atoms with van der Waals surface area (Å²) in [5, 5.41) is 8.39. The first-order valence-electron chi connectivity index (χ1n) is 5.48. The number of rotatable bonds is 6. The predicted molar refractivity (Wildman–Crippen MR) is 67.2 cm³/mol. The van der Waals surface area contributed by atoms with Crippen molar-refractivity contribution < 1.29 is 0 Å². The zero-order valence-corrected chi connectivity index (χ0v) is 10.8. The predicted octanol–water partition coefficient (Wildman–Crippen LogP) is 2.21. The van der Waals surface area contributed by atoms with Crippen molar-refractivity contribution in [2.45, 2.75) is 32.1 Å². The van der Waals surface area contributed by atoms with Crippen LogP contribution in [-0.2, 0) is 7.05 Å². The zero-order chi connectivity index (χ0) is 11.3. The van der Waals surface area contributed by atoms with E-state index in [0.29, 0.717) is 11.3 Å². The molecule has 1 aromatic rings. The van der Waals surface area contributed by atoms with E-state index in [1.165, 1.54) is 5.69 Å². The fourth-order valence-electron chi connectivity index (χ4n) is 1.51. The Bertz CT molecular complexity index is 283. The Hall–Kier alpha value is -0.480. The Balaban J connectivity index is 2.61. The highest BCUT2D eigenvalue weighted by Gasteiger charge is 2.14. The van der Waals surface area contributed by atoms with E-state index in [9.17, 15) is 0 Å². The van der Waals surface area contributed by atoms with Crippen LogP contribution in [0.1, 0.15) is 32.5 Å². The lowest BCUT2D eigenvalue weighted by Gasteiger charge is -2.18. The number of nitrogens with one attached hydrogen (secondary N) is 1. The Morgan fingerprint density at radius 1 is 1.53 bits per heavy atom. The van der Waals surface area contributed by atoms with Crippen LogP contribution in [0.3, 0.4) is 0 Å². The van der Waals surface area contributed by atoms with Crippen LogP contribution in [0, 0.1) is 0 Å². The van der Waals surface area contributed by atoms with Gasteiger partial charge in [0.2, 0.25) is 0 Å². The average molecular weight is 227 g/mol. The Kier molecular flexibility index (Phi) is 5.19. The second-order valence-electron chi connectivity index (χ2n) is 3.87. The third-order valence-electron chi connectivity index (χ3n) is 2.26. The highest BCUT2D eigenvalue weighted by atomic mass is 32.2. The van der Waals surface area contributed by atoms with Gasteiger partial charge in [0.05, 0.1) is 11.7 Å². The molecule has 0 aliphatic carbocycles. The molecule has 0 saturated heterocycles. The largest absolute Gasteiger partial charge is 0.308 e. The lowest BCUT2D eigenvalue weighted by molar-refractivity contribution is 0.552. The number of aryl methyl sites for hydroxylation is 1. The first kappa shape index (κ1) is 12.6. The van der Waals surface area contributed by atoms with Crippen molar-refractivity contribution >= 4 is 11.8 Å². The van der Waals surface area contributed by atoms with Gasteiger partial charge in [-0.25, -0.2) is 0 Å². The fraction of sp³-hybridized carbons (Fsp3) is 0.727. The fourth-order valence-corrected chi connectivity index (χ4v) is 2.38. The van der Waals surface area contributed by atoms with Crippen molar-refractivity contribution in [2.24, 2.45) is 7.05 Å². The molecule has 1 rings (SSSR count). The molecule has 1 atom stereocenters. The van der Waals surface area contributed by atoms with Gasteiger partial charge in [0, 0.05) is 19.0 Å². The second-order valence-corrected chi connectivity index (χ2v) is 5.48. The van der Waals surface area contributed by atoms with Crippen LogP contribution in [0.2, 0.25) is 0 Å². The smallest absolute Gasteiger partial charge is 0.0583 e. The van der Waals surface area contributed by atoms with Crippen molar-refractivity contribution in [1.82, 2.24) is 15.1 Å². The number of nitrogens with zero attached hydrogens (tertiary/aromatic N) is 2. The van der Waals surface area contributed by atoms with Crippen LogP contribution < -0.4 is 5.32 Å². The minimum Gasteiger partial charge on any atom is -0.308 e. The van der Waals surface area contributed by atoms with Gasteiger partial charge < -0.3 is 5.32 Å². The minimum absolute atomic E-state index is 0.412. The molecule has 1 heterocycles. The van der Waals surface area contributed by atoms with Crippen LogP contribution in [0.5, 0.6) is 0 Å². The van der Waals surface area contributed by atoms with Gasteiger partial charge in [-0.05, 0) is 17.9 Å². The second kappa shape index (κ2) is 6.18. The summed E-state index contributed by atoms with van der Waals surface area (Å²) in [6.45, 7) is 7.60. The van der Waals surface area contributed by atoms with Crippen molar-refractivity contribution in [2.75, 3.05) is 12.3 Å². The Morgan fingerprint density at radius 3 is 2.73 bits per heavy atom. The highest BCUT2D eigenvalue weighted by Crippen LogP contribution is 2.20. The summed E-state index contributed by atoms with van der Waals surface area (Å²) in [5.74, 6) is 1.10. The molecule has 0 aliphatic rings. The van der Waals surface area contributed by atoms with Crippen molar-refractivity contribution in [3.63, 3.8) is 0 Å². The monoisotopic (exact) mass is 227 g/mol. The summed E-state index contributed by atoms with van der Waals surface area (Å²) in [6.07, 6.45) is 1.86. The third kappa shape index (κ3) is 3.87. The van der Waals surface area contributed by atoms with E-state index in [4.69, 9.17) is 0 Å². The van der Waals surface area contributed by atoms with E-state index >= 15 is 0 Å². The first-order chi connectivity index (χ1) is 7.15. The topological polar surface area (TPSA) is 29.9 Å². The molecule has 1 unspecified atom stereocenters. The van der Waals surface area contributed by atoms with E-state index in [1.54, 1.807) is 0 Å². The maximum Gasteiger partial charge on any atom is 0.0583 e. The Labute approximate surface area is 96.6 Å². The zero-order valence-electron chi connectivity index (χ0n) is 10.0.